The third kappa shape index (κ3) is 4.41. The summed E-state index contributed by atoms with van der Waals surface area (Å²) in [6.07, 6.45) is 1.15. The summed E-state index contributed by atoms with van der Waals surface area (Å²) in [4.78, 5) is 6.58. The Morgan fingerprint density at radius 1 is 1.08 bits per heavy atom. The third-order valence-electron chi connectivity index (χ3n) is 4.30. The molecule has 0 amide bonds. The van der Waals surface area contributed by atoms with E-state index in [1.165, 1.54) is 22.4 Å². The SMILES string of the molecule is CN=C(NC)NCc1ccc(CN2CCc3ccccc32)cc1.I. The van der Waals surface area contributed by atoms with Gasteiger partial charge in [0.1, 0.15) is 0 Å². The van der Waals surface area contributed by atoms with Crippen molar-refractivity contribution in [2.24, 2.45) is 4.99 Å². The minimum Gasteiger partial charge on any atom is -0.367 e. The van der Waals surface area contributed by atoms with Crippen LogP contribution in [0, 0.1) is 0 Å². The van der Waals surface area contributed by atoms with Crippen LogP contribution in [0.25, 0.3) is 0 Å². The number of halogens is 1. The van der Waals surface area contributed by atoms with Gasteiger partial charge in [0.05, 0.1) is 0 Å². The van der Waals surface area contributed by atoms with E-state index in [4.69, 9.17) is 0 Å². The van der Waals surface area contributed by atoms with Gasteiger partial charge >= 0.3 is 0 Å². The quantitative estimate of drug-likeness (QED) is 0.440. The van der Waals surface area contributed by atoms with Gasteiger partial charge in [0.25, 0.3) is 0 Å². The normalized spacial score (nSPS) is 13.2. The van der Waals surface area contributed by atoms with Crippen molar-refractivity contribution in [3.63, 3.8) is 0 Å². The fourth-order valence-corrected chi connectivity index (χ4v) is 3.02. The molecule has 24 heavy (non-hydrogen) atoms. The van der Waals surface area contributed by atoms with E-state index in [9.17, 15) is 0 Å². The van der Waals surface area contributed by atoms with Gasteiger partial charge in [-0.25, -0.2) is 0 Å². The number of hydrogen-bond acceptors (Lipinski definition) is 2. The molecule has 2 aromatic carbocycles. The van der Waals surface area contributed by atoms with Crippen molar-refractivity contribution in [2.75, 3.05) is 25.5 Å². The summed E-state index contributed by atoms with van der Waals surface area (Å²) in [5.74, 6) is 0.808. The largest absolute Gasteiger partial charge is 0.367 e. The molecule has 1 heterocycles. The highest BCUT2D eigenvalue weighted by molar-refractivity contribution is 14.0. The minimum absolute atomic E-state index is 0. The number of fused-ring (bicyclic) bond motifs is 1. The van der Waals surface area contributed by atoms with Crippen molar-refractivity contribution < 1.29 is 0 Å². The smallest absolute Gasteiger partial charge is 0.190 e. The lowest BCUT2D eigenvalue weighted by atomic mass is 10.1. The molecular formula is C19H25IN4. The molecule has 5 heteroatoms. The van der Waals surface area contributed by atoms with E-state index >= 15 is 0 Å². The van der Waals surface area contributed by atoms with E-state index in [0.717, 1.165) is 32.0 Å². The standard InChI is InChI=1S/C19H24N4.HI/c1-20-19(21-2)22-13-15-7-9-16(10-8-15)14-23-12-11-17-5-3-4-6-18(17)23;/h3-10H,11-14H2,1-2H3,(H2,20,21,22);1H. The predicted octanol–water partition coefficient (Wildman–Crippen LogP) is 3.16. The second-order valence-corrected chi connectivity index (χ2v) is 5.79. The molecule has 2 aromatic rings. The van der Waals surface area contributed by atoms with Crippen LogP contribution in [0.1, 0.15) is 16.7 Å². The Morgan fingerprint density at radius 2 is 1.79 bits per heavy atom. The monoisotopic (exact) mass is 436 g/mol. The lowest BCUT2D eigenvalue weighted by molar-refractivity contribution is 0.832. The van der Waals surface area contributed by atoms with Gasteiger partial charge in [0.15, 0.2) is 5.96 Å². The third-order valence-corrected chi connectivity index (χ3v) is 4.30. The van der Waals surface area contributed by atoms with Crippen LogP contribution in [0.3, 0.4) is 0 Å². The molecule has 0 aromatic heterocycles. The van der Waals surface area contributed by atoms with Crippen molar-refractivity contribution in [3.8, 4) is 0 Å². The van der Waals surface area contributed by atoms with Crippen LogP contribution in [0.2, 0.25) is 0 Å². The van der Waals surface area contributed by atoms with Crippen molar-refractivity contribution >= 4 is 35.6 Å². The number of benzene rings is 2. The van der Waals surface area contributed by atoms with Gasteiger partial charge in [0.2, 0.25) is 0 Å². The molecule has 0 atom stereocenters. The number of nitrogens with one attached hydrogen (secondary N) is 2. The molecule has 1 aliphatic heterocycles. The first-order chi connectivity index (χ1) is 11.3. The Balaban J connectivity index is 0.00000208. The second-order valence-electron chi connectivity index (χ2n) is 5.79. The van der Waals surface area contributed by atoms with Crippen LogP contribution in [-0.2, 0) is 19.5 Å². The topological polar surface area (TPSA) is 39.7 Å². The fourth-order valence-electron chi connectivity index (χ4n) is 3.02. The average Bonchev–Trinajstić information content (AvgIpc) is 3.00. The molecule has 0 spiro atoms. The molecule has 3 rings (SSSR count). The van der Waals surface area contributed by atoms with Gasteiger partial charge in [-0.2, -0.15) is 0 Å². The number of rotatable bonds is 4. The molecule has 1 aliphatic rings. The number of anilines is 1. The van der Waals surface area contributed by atoms with Crippen LogP contribution in [0.5, 0.6) is 0 Å². The number of nitrogens with zero attached hydrogens (tertiary/aromatic N) is 2. The summed E-state index contributed by atoms with van der Waals surface area (Å²) < 4.78 is 0. The Bertz CT molecular complexity index is 682. The zero-order chi connectivity index (χ0) is 16.1. The fraction of sp³-hybridized carbons (Fsp3) is 0.316. The van der Waals surface area contributed by atoms with Gasteiger partial charge in [-0.05, 0) is 29.2 Å². The Hall–Kier alpha value is -1.76. The Labute approximate surface area is 161 Å². The number of guanidine groups is 1. The van der Waals surface area contributed by atoms with Crippen LogP contribution >= 0.6 is 24.0 Å². The number of hydrogen-bond donors (Lipinski definition) is 2. The predicted molar refractivity (Wildman–Crippen MR) is 112 cm³/mol. The highest BCUT2D eigenvalue weighted by Gasteiger charge is 2.17. The lowest BCUT2D eigenvalue weighted by Crippen LogP contribution is -2.34. The van der Waals surface area contributed by atoms with Gasteiger partial charge < -0.3 is 15.5 Å². The Morgan fingerprint density at radius 3 is 2.50 bits per heavy atom. The van der Waals surface area contributed by atoms with Crippen LogP contribution in [0.4, 0.5) is 5.69 Å². The zero-order valence-corrected chi connectivity index (χ0v) is 16.6. The lowest BCUT2D eigenvalue weighted by Gasteiger charge is -2.19. The Kier molecular flexibility index (Phi) is 6.90. The summed E-state index contributed by atoms with van der Waals surface area (Å²) in [5, 5.41) is 6.29. The average molecular weight is 436 g/mol. The first-order valence-corrected chi connectivity index (χ1v) is 8.09. The molecule has 0 radical (unpaired) electrons. The van der Waals surface area contributed by atoms with E-state index in [-0.39, 0.29) is 24.0 Å². The highest BCUT2D eigenvalue weighted by Crippen LogP contribution is 2.28. The molecule has 0 aliphatic carbocycles. The van der Waals surface area contributed by atoms with Crippen molar-refractivity contribution in [1.29, 1.82) is 0 Å². The maximum atomic E-state index is 4.12. The van der Waals surface area contributed by atoms with Crippen molar-refractivity contribution in [3.05, 3.63) is 65.2 Å². The van der Waals surface area contributed by atoms with Gasteiger partial charge in [-0.1, -0.05) is 42.5 Å². The molecule has 0 unspecified atom stereocenters. The first-order valence-electron chi connectivity index (χ1n) is 8.09. The van der Waals surface area contributed by atoms with E-state index in [1.54, 1.807) is 7.05 Å². The number of para-hydroxylation sites is 1. The summed E-state index contributed by atoms with van der Waals surface area (Å²) in [7, 11) is 3.64. The molecular weight excluding hydrogens is 411 g/mol. The summed E-state index contributed by atoms with van der Waals surface area (Å²) >= 11 is 0. The van der Waals surface area contributed by atoms with Crippen LogP contribution in [0.15, 0.2) is 53.5 Å². The van der Waals surface area contributed by atoms with Gasteiger partial charge in [-0.15, -0.1) is 24.0 Å². The summed E-state index contributed by atoms with van der Waals surface area (Å²) in [6.45, 7) is 2.87. The first kappa shape index (κ1) is 18.6. The summed E-state index contributed by atoms with van der Waals surface area (Å²) in [6, 6.07) is 17.5. The molecule has 0 saturated carbocycles. The second kappa shape index (κ2) is 8.92. The zero-order valence-electron chi connectivity index (χ0n) is 14.2. The van der Waals surface area contributed by atoms with Crippen LogP contribution < -0.4 is 15.5 Å². The van der Waals surface area contributed by atoms with E-state index in [2.05, 4.69) is 69.1 Å². The maximum Gasteiger partial charge on any atom is 0.190 e. The molecule has 4 nitrogen and oxygen atoms in total. The van der Waals surface area contributed by atoms with Gasteiger partial charge in [-0.3, -0.25) is 4.99 Å². The molecule has 0 saturated heterocycles. The highest BCUT2D eigenvalue weighted by atomic mass is 127. The van der Waals surface area contributed by atoms with E-state index in [0.29, 0.717) is 0 Å². The maximum absolute atomic E-state index is 4.12. The number of aliphatic imine (C=N–C) groups is 1. The molecule has 0 bridgehead atoms. The van der Waals surface area contributed by atoms with Gasteiger partial charge in [0, 0.05) is 39.4 Å². The van der Waals surface area contributed by atoms with Crippen molar-refractivity contribution in [2.45, 2.75) is 19.5 Å². The molecule has 2 N–H and O–H groups in total. The molecule has 128 valence electrons. The minimum atomic E-state index is 0. The van der Waals surface area contributed by atoms with Crippen molar-refractivity contribution in [1.82, 2.24) is 10.6 Å². The summed E-state index contributed by atoms with van der Waals surface area (Å²) in [5.41, 5.74) is 5.46. The van der Waals surface area contributed by atoms with Crippen LogP contribution in [-0.4, -0.2) is 26.6 Å². The van der Waals surface area contributed by atoms with E-state index in [1.807, 2.05) is 7.05 Å². The molecule has 0 fully saturated rings. The van der Waals surface area contributed by atoms with E-state index < -0.39 is 0 Å².